The second kappa shape index (κ2) is 7.13. The first kappa shape index (κ1) is 15.3. The van der Waals surface area contributed by atoms with Crippen LogP contribution in [0.25, 0.3) is 0 Å². The van der Waals surface area contributed by atoms with Crippen LogP contribution in [0.3, 0.4) is 0 Å². The standard InChI is InChI=1S/C18H20N2O3/c1-20(10-8-15-5-2-3-9-19-15)18(21)14-6-7-16-17(13-14)23-12-4-11-22-16/h2-3,5-7,9,13H,4,8,10-12H2,1H3. The van der Waals surface area contributed by atoms with E-state index in [1.54, 1.807) is 36.3 Å². The van der Waals surface area contributed by atoms with E-state index in [1.807, 2.05) is 18.2 Å². The van der Waals surface area contributed by atoms with Gasteiger partial charge in [-0.3, -0.25) is 9.78 Å². The molecule has 1 aromatic carbocycles. The summed E-state index contributed by atoms with van der Waals surface area (Å²) in [6, 6.07) is 11.2. The van der Waals surface area contributed by atoms with Crippen molar-refractivity contribution in [1.82, 2.24) is 9.88 Å². The number of pyridine rings is 1. The molecule has 1 amide bonds. The highest BCUT2D eigenvalue weighted by atomic mass is 16.5. The van der Waals surface area contributed by atoms with Gasteiger partial charge in [0.15, 0.2) is 11.5 Å². The fraction of sp³-hybridized carbons (Fsp3) is 0.333. The second-order valence-corrected chi connectivity index (χ2v) is 5.51. The van der Waals surface area contributed by atoms with Gasteiger partial charge in [0.05, 0.1) is 13.2 Å². The first-order valence-electron chi connectivity index (χ1n) is 7.79. The van der Waals surface area contributed by atoms with Crippen LogP contribution in [0.5, 0.6) is 11.5 Å². The van der Waals surface area contributed by atoms with Crippen LogP contribution in [0.15, 0.2) is 42.6 Å². The second-order valence-electron chi connectivity index (χ2n) is 5.51. The highest BCUT2D eigenvalue weighted by molar-refractivity contribution is 5.94. The van der Waals surface area contributed by atoms with Crippen molar-refractivity contribution < 1.29 is 14.3 Å². The number of aromatic nitrogens is 1. The van der Waals surface area contributed by atoms with E-state index >= 15 is 0 Å². The maximum Gasteiger partial charge on any atom is 0.253 e. The van der Waals surface area contributed by atoms with Crippen LogP contribution in [0.1, 0.15) is 22.5 Å². The lowest BCUT2D eigenvalue weighted by Crippen LogP contribution is -2.29. The molecule has 1 aromatic heterocycles. The fourth-order valence-electron chi connectivity index (χ4n) is 2.45. The lowest BCUT2D eigenvalue weighted by atomic mass is 10.1. The van der Waals surface area contributed by atoms with Crippen LogP contribution < -0.4 is 9.47 Å². The van der Waals surface area contributed by atoms with Gasteiger partial charge in [-0.1, -0.05) is 6.07 Å². The van der Waals surface area contributed by atoms with E-state index < -0.39 is 0 Å². The summed E-state index contributed by atoms with van der Waals surface area (Å²) in [4.78, 5) is 18.5. The number of ether oxygens (including phenoxy) is 2. The third-order valence-corrected chi connectivity index (χ3v) is 3.77. The van der Waals surface area contributed by atoms with Gasteiger partial charge in [-0.25, -0.2) is 0 Å². The smallest absolute Gasteiger partial charge is 0.253 e. The SMILES string of the molecule is CN(CCc1ccccn1)C(=O)c1ccc2c(c1)OCCCO2. The maximum absolute atomic E-state index is 12.5. The number of likely N-dealkylation sites (N-methyl/N-ethyl adjacent to an activating group) is 1. The Hall–Kier alpha value is -2.56. The Bertz CT molecular complexity index is 673. The molecular weight excluding hydrogens is 292 g/mol. The Morgan fingerprint density at radius 1 is 1.17 bits per heavy atom. The van der Waals surface area contributed by atoms with E-state index in [4.69, 9.17) is 9.47 Å². The Morgan fingerprint density at radius 2 is 2.00 bits per heavy atom. The molecule has 2 aromatic rings. The van der Waals surface area contributed by atoms with Crippen molar-refractivity contribution in [3.8, 4) is 11.5 Å². The average molecular weight is 312 g/mol. The predicted octanol–water partition coefficient (Wildman–Crippen LogP) is 2.56. The molecule has 23 heavy (non-hydrogen) atoms. The normalized spacial score (nSPS) is 13.3. The van der Waals surface area contributed by atoms with Crippen LogP contribution in [0.4, 0.5) is 0 Å². The van der Waals surface area contributed by atoms with Crippen LogP contribution in [-0.2, 0) is 6.42 Å². The Morgan fingerprint density at radius 3 is 2.78 bits per heavy atom. The highest BCUT2D eigenvalue weighted by Crippen LogP contribution is 2.30. The van der Waals surface area contributed by atoms with Gasteiger partial charge in [0, 0.05) is 43.9 Å². The molecular formula is C18H20N2O3. The molecule has 0 saturated carbocycles. The summed E-state index contributed by atoms with van der Waals surface area (Å²) in [5.74, 6) is 1.32. The quantitative estimate of drug-likeness (QED) is 0.870. The number of benzene rings is 1. The summed E-state index contributed by atoms with van der Waals surface area (Å²) in [6.45, 7) is 1.87. The van der Waals surface area contributed by atoms with Gasteiger partial charge in [0.1, 0.15) is 0 Å². The van der Waals surface area contributed by atoms with Crippen LogP contribution >= 0.6 is 0 Å². The maximum atomic E-state index is 12.5. The predicted molar refractivity (Wildman–Crippen MR) is 87.0 cm³/mol. The number of rotatable bonds is 4. The number of hydrogen-bond acceptors (Lipinski definition) is 4. The lowest BCUT2D eigenvalue weighted by molar-refractivity contribution is 0.0796. The summed E-state index contributed by atoms with van der Waals surface area (Å²) in [7, 11) is 1.80. The first-order chi connectivity index (χ1) is 11.2. The minimum Gasteiger partial charge on any atom is -0.490 e. The molecule has 1 aliphatic heterocycles. The molecule has 0 saturated heterocycles. The van der Waals surface area contributed by atoms with Crippen LogP contribution in [-0.4, -0.2) is 42.6 Å². The molecule has 0 bridgehead atoms. The fourth-order valence-corrected chi connectivity index (χ4v) is 2.45. The molecule has 0 spiro atoms. The first-order valence-corrected chi connectivity index (χ1v) is 7.79. The van der Waals surface area contributed by atoms with Gasteiger partial charge in [0.2, 0.25) is 0 Å². The zero-order valence-corrected chi connectivity index (χ0v) is 13.2. The third kappa shape index (κ3) is 3.80. The van der Waals surface area contributed by atoms with E-state index in [0.29, 0.717) is 36.8 Å². The average Bonchev–Trinajstić information content (AvgIpc) is 2.84. The molecule has 0 unspecified atom stereocenters. The molecule has 120 valence electrons. The summed E-state index contributed by atoms with van der Waals surface area (Å²) in [5.41, 5.74) is 1.59. The van der Waals surface area contributed by atoms with Crippen molar-refractivity contribution in [2.24, 2.45) is 0 Å². The van der Waals surface area contributed by atoms with E-state index in [1.165, 1.54) is 0 Å². The molecule has 0 radical (unpaired) electrons. The molecule has 0 N–H and O–H groups in total. The summed E-state index contributed by atoms with van der Waals surface area (Å²) < 4.78 is 11.2. The van der Waals surface area contributed by atoms with Gasteiger partial charge in [0.25, 0.3) is 5.91 Å². The van der Waals surface area contributed by atoms with E-state index in [9.17, 15) is 4.79 Å². The van der Waals surface area contributed by atoms with Crippen molar-refractivity contribution in [1.29, 1.82) is 0 Å². The van der Waals surface area contributed by atoms with E-state index in [0.717, 1.165) is 18.5 Å². The van der Waals surface area contributed by atoms with Gasteiger partial charge in [-0.2, -0.15) is 0 Å². The van der Waals surface area contributed by atoms with Crippen LogP contribution in [0, 0.1) is 0 Å². The molecule has 3 rings (SSSR count). The van der Waals surface area contributed by atoms with E-state index in [-0.39, 0.29) is 5.91 Å². The van der Waals surface area contributed by atoms with Gasteiger partial charge in [-0.05, 0) is 30.3 Å². The zero-order valence-electron chi connectivity index (χ0n) is 13.2. The number of fused-ring (bicyclic) bond motifs is 1. The molecule has 5 nitrogen and oxygen atoms in total. The van der Waals surface area contributed by atoms with Gasteiger partial charge in [-0.15, -0.1) is 0 Å². The lowest BCUT2D eigenvalue weighted by Gasteiger charge is -2.18. The van der Waals surface area contributed by atoms with Crippen molar-refractivity contribution in [2.75, 3.05) is 26.8 Å². The third-order valence-electron chi connectivity index (χ3n) is 3.77. The number of carbonyl (C=O) groups is 1. The minimum atomic E-state index is -0.0309. The van der Waals surface area contributed by atoms with Crippen molar-refractivity contribution in [3.63, 3.8) is 0 Å². The Balaban J connectivity index is 1.66. The summed E-state index contributed by atoms with van der Waals surface area (Å²) in [5, 5.41) is 0. The number of carbonyl (C=O) groups excluding carboxylic acids is 1. The molecule has 0 aliphatic carbocycles. The van der Waals surface area contributed by atoms with Gasteiger partial charge >= 0.3 is 0 Å². The van der Waals surface area contributed by atoms with Gasteiger partial charge < -0.3 is 14.4 Å². The topological polar surface area (TPSA) is 51.7 Å². The number of nitrogens with zero attached hydrogens (tertiary/aromatic N) is 2. The van der Waals surface area contributed by atoms with Crippen molar-refractivity contribution in [2.45, 2.75) is 12.8 Å². The number of hydrogen-bond donors (Lipinski definition) is 0. The highest BCUT2D eigenvalue weighted by Gasteiger charge is 2.16. The molecule has 0 atom stereocenters. The zero-order chi connectivity index (χ0) is 16.1. The summed E-state index contributed by atoms with van der Waals surface area (Å²) in [6.07, 6.45) is 3.34. The monoisotopic (exact) mass is 312 g/mol. The largest absolute Gasteiger partial charge is 0.490 e. The molecule has 2 heterocycles. The number of amides is 1. The van der Waals surface area contributed by atoms with E-state index in [2.05, 4.69) is 4.98 Å². The van der Waals surface area contributed by atoms with Crippen molar-refractivity contribution >= 4 is 5.91 Å². The molecule has 0 fully saturated rings. The molecule has 5 heteroatoms. The minimum absolute atomic E-state index is 0.0309. The molecule has 1 aliphatic rings. The van der Waals surface area contributed by atoms with Crippen molar-refractivity contribution in [3.05, 3.63) is 53.9 Å². The van der Waals surface area contributed by atoms with Crippen LogP contribution in [0.2, 0.25) is 0 Å². The summed E-state index contributed by atoms with van der Waals surface area (Å²) >= 11 is 0. The Kier molecular flexibility index (Phi) is 4.76. The Labute approximate surface area is 135 Å².